The summed E-state index contributed by atoms with van der Waals surface area (Å²) in [7, 11) is 0. The minimum Gasteiger partial charge on any atom is -0.394 e. The molecule has 7 nitrogen and oxygen atoms in total. The van der Waals surface area contributed by atoms with Gasteiger partial charge in [-0.1, -0.05) is 24.8 Å². The van der Waals surface area contributed by atoms with E-state index in [0.29, 0.717) is 47.6 Å². The number of nitrogens with zero attached hydrogens (tertiary/aromatic N) is 4. The number of halogens is 1. The molecule has 3 aromatic rings. The lowest BCUT2D eigenvalue weighted by Gasteiger charge is -2.23. The monoisotopic (exact) mass is 445 g/mol. The number of carbonyl (C=O) groups excluding carboxylic acids is 1. The van der Waals surface area contributed by atoms with Crippen molar-refractivity contribution in [3.05, 3.63) is 71.1 Å². The lowest BCUT2D eigenvalue weighted by molar-refractivity contribution is 0.0673. The molecule has 1 fully saturated rings. The fraction of sp³-hybridized carbons (Fsp3) is 0.280. The van der Waals surface area contributed by atoms with E-state index in [1.807, 2.05) is 6.92 Å². The molecular weight excluding hydrogens is 421 g/mol. The number of nitrogens with two attached hydrogens (primary N) is 1. The molecule has 1 aliphatic rings. The number of anilines is 1. The number of aromatic nitrogens is 3. The van der Waals surface area contributed by atoms with Gasteiger partial charge in [-0.15, -0.1) is 0 Å². The van der Waals surface area contributed by atoms with Gasteiger partial charge in [-0.3, -0.25) is 4.79 Å². The van der Waals surface area contributed by atoms with Crippen molar-refractivity contribution in [3.8, 4) is 23.1 Å². The molecule has 4 rings (SSSR count). The van der Waals surface area contributed by atoms with E-state index in [1.54, 1.807) is 24.4 Å². The summed E-state index contributed by atoms with van der Waals surface area (Å²) in [5, 5.41) is 9.50. The lowest BCUT2D eigenvalue weighted by Crippen LogP contribution is -2.38. The maximum Gasteiger partial charge on any atom is 0.257 e. The summed E-state index contributed by atoms with van der Waals surface area (Å²) in [5.74, 6) is 5.49. The normalized spacial score (nSPS) is 15.2. The van der Waals surface area contributed by atoms with Gasteiger partial charge in [-0.2, -0.15) is 0 Å². The molecule has 1 amide bonds. The number of benzene rings is 1. The summed E-state index contributed by atoms with van der Waals surface area (Å²) >= 11 is 0. The quantitative estimate of drug-likeness (QED) is 0.599. The van der Waals surface area contributed by atoms with E-state index in [0.717, 1.165) is 12.1 Å². The molecule has 1 aromatic carbocycles. The van der Waals surface area contributed by atoms with E-state index in [9.17, 15) is 9.90 Å². The van der Waals surface area contributed by atoms with Gasteiger partial charge in [-0.25, -0.2) is 19.3 Å². The SMILES string of the molecule is CCc1ncnc(-c2ccc(C(=O)N3CCC[C@@H]3CO)c(F)c2)c1C#Cc1ccc(N)nc1. The van der Waals surface area contributed by atoms with Crippen LogP contribution in [-0.4, -0.2) is 50.1 Å². The van der Waals surface area contributed by atoms with Crippen LogP contribution in [0.2, 0.25) is 0 Å². The summed E-state index contributed by atoms with van der Waals surface area (Å²) in [5.41, 5.74) is 8.60. The van der Waals surface area contributed by atoms with Gasteiger partial charge in [0.1, 0.15) is 18.0 Å². The van der Waals surface area contributed by atoms with Crippen LogP contribution in [0.4, 0.5) is 10.2 Å². The number of amides is 1. The molecule has 1 atom stereocenters. The number of rotatable bonds is 4. The molecule has 3 heterocycles. The highest BCUT2D eigenvalue weighted by Crippen LogP contribution is 2.27. The number of likely N-dealkylation sites (tertiary alicyclic amines) is 1. The molecular formula is C25H24FN5O2. The van der Waals surface area contributed by atoms with Crippen LogP contribution >= 0.6 is 0 Å². The maximum absolute atomic E-state index is 15.1. The molecule has 1 aliphatic heterocycles. The van der Waals surface area contributed by atoms with Gasteiger partial charge < -0.3 is 15.7 Å². The summed E-state index contributed by atoms with van der Waals surface area (Å²) in [6.45, 7) is 2.34. The Morgan fingerprint density at radius 3 is 2.79 bits per heavy atom. The summed E-state index contributed by atoms with van der Waals surface area (Å²) in [4.78, 5) is 27.1. The fourth-order valence-corrected chi connectivity index (χ4v) is 3.94. The van der Waals surface area contributed by atoms with Gasteiger partial charge in [0.05, 0.1) is 35.2 Å². The second-order valence-electron chi connectivity index (χ2n) is 7.79. The van der Waals surface area contributed by atoms with Gasteiger partial charge in [0.25, 0.3) is 5.91 Å². The van der Waals surface area contributed by atoms with Crippen LogP contribution in [0, 0.1) is 17.7 Å². The number of hydrogen-bond donors (Lipinski definition) is 2. The van der Waals surface area contributed by atoms with E-state index in [2.05, 4.69) is 26.8 Å². The van der Waals surface area contributed by atoms with E-state index < -0.39 is 11.7 Å². The van der Waals surface area contributed by atoms with Crippen molar-refractivity contribution in [2.24, 2.45) is 0 Å². The van der Waals surface area contributed by atoms with Crippen LogP contribution in [-0.2, 0) is 6.42 Å². The molecule has 0 unspecified atom stereocenters. The molecule has 0 radical (unpaired) electrons. The van der Waals surface area contributed by atoms with Gasteiger partial charge in [0.2, 0.25) is 0 Å². The zero-order chi connectivity index (χ0) is 23.4. The molecule has 0 aliphatic carbocycles. The van der Waals surface area contributed by atoms with Crippen LogP contribution in [0.1, 0.15) is 46.9 Å². The fourth-order valence-electron chi connectivity index (χ4n) is 3.94. The van der Waals surface area contributed by atoms with E-state index in [4.69, 9.17) is 5.73 Å². The average Bonchev–Trinajstić information content (AvgIpc) is 3.32. The molecule has 33 heavy (non-hydrogen) atoms. The predicted molar refractivity (Wildman–Crippen MR) is 123 cm³/mol. The first kappa shape index (κ1) is 22.4. The zero-order valence-corrected chi connectivity index (χ0v) is 18.3. The Kier molecular flexibility index (Phi) is 6.61. The Bertz CT molecular complexity index is 1230. The second kappa shape index (κ2) is 9.76. The summed E-state index contributed by atoms with van der Waals surface area (Å²) in [6, 6.07) is 7.60. The first-order chi connectivity index (χ1) is 16.0. The number of nitrogen functional groups attached to an aromatic ring is 1. The lowest BCUT2D eigenvalue weighted by atomic mass is 10.0. The maximum atomic E-state index is 15.1. The van der Waals surface area contributed by atoms with Gasteiger partial charge in [0.15, 0.2) is 0 Å². The molecule has 0 saturated carbocycles. The van der Waals surface area contributed by atoms with Crippen molar-refractivity contribution >= 4 is 11.7 Å². The Labute approximate surface area is 191 Å². The van der Waals surface area contributed by atoms with Crippen LogP contribution in [0.25, 0.3) is 11.3 Å². The Morgan fingerprint density at radius 2 is 2.09 bits per heavy atom. The minimum atomic E-state index is -0.639. The average molecular weight is 445 g/mol. The Morgan fingerprint density at radius 1 is 1.24 bits per heavy atom. The highest BCUT2D eigenvalue weighted by atomic mass is 19.1. The van der Waals surface area contributed by atoms with Gasteiger partial charge in [0, 0.05) is 23.9 Å². The topological polar surface area (TPSA) is 105 Å². The largest absolute Gasteiger partial charge is 0.394 e. The van der Waals surface area contributed by atoms with Crippen molar-refractivity contribution in [3.63, 3.8) is 0 Å². The van der Waals surface area contributed by atoms with Crippen molar-refractivity contribution in [1.82, 2.24) is 19.9 Å². The third-order valence-electron chi connectivity index (χ3n) is 5.70. The van der Waals surface area contributed by atoms with Gasteiger partial charge >= 0.3 is 0 Å². The number of carbonyl (C=O) groups is 1. The van der Waals surface area contributed by atoms with Crippen molar-refractivity contribution < 1.29 is 14.3 Å². The summed E-state index contributed by atoms with van der Waals surface area (Å²) in [6.07, 6.45) is 5.14. The molecule has 168 valence electrons. The third kappa shape index (κ3) is 4.69. The second-order valence-corrected chi connectivity index (χ2v) is 7.79. The molecule has 1 saturated heterocycles. The van der Waals surface area contributed by atoms with Crippen molar-refractivity contribution in [2.45, 2.75) is 32.2 Å². The van der Waals surface area contributed by atoms with Crippen LogP contribution in [0.5, 0.6) is 0 Å². The molecule has 8 heteroatoms. The van der Waals surface area contributed by atoms with E-state index >= 15 is 4.39 Å². The van der Waals surface area contributed by atoms with E-state index in [1.165, 1.54) is 23.4 Å². The number of hydrogen-bond acceptors (Lipinski definition) is 6. The first-order valence-electron chi connectivity index (χ1n) is 10.8. The van der Waals surface area contributed by atoms with E-state index in [-0.39, 0.29) is 18.2 Å². The Hall–Kier alpha value is -3.83. The molecule has 0 spiro atoms. The standard InChI is InChI=1S/C25H24FN5O2/c1-2-22-20(8-5-16-6-10-23(27)28-13-16)24(30-15-29-22)17-7-9-19(21(26)12-17)25(33)31-11-3-4-18(31)14-32/h6-7,9-10,12-13,15,18,32H,2-4,11,14H2,1H3,(H2,27,28)/t18-/m1/s1. The van der Waals surface area contributed by atoms with Gasteiger partial charge in [-0.05, 0) is 43.5 Å². The smallest absolute Gasteiger partial charge is 0.257 e. The van der Waals surface area contributed by atoms with Crippen LogP contribution in [0.15, 0.2) is 42.9 Å². The zero-order valence-electron chi connectivity index (χ0n) is 18.3. The number of aliphatic hydroxyl groups excluding tert-OH is 1. The van der Waals surface area contributed by atoms with Crippen LogP contribution in [0.3, 0.4) is 0 Å². The third-order valence-corrected chi connectivity index (χ3v) is 5.70. The first-order valence-corrected chi connectivity index (χ1v) is 10.8. The molecule has 0 bridgehead atoms. The number of aliphatic hydroxyl groups is 1. The number of pyridine rings is 1. The van der Waals surface area contributed by atoms with Crippen LogP contribution < -0.4 is 5.73 Å². The minimum absolute atomic E-state index is 0.0237. The highest BCUT2D eigenvalue weighted by molar-refractivity contribution is 5.95. The molecule has 3 N–H and O–H groups in total. The van der Waals surface area contributed by atoms with Crippen molar-refractivity contribution in [2.75, 3.05) is 18.9 Å². The molecule has 2 aromatic heterocycles. The van der Waals surface area contributed by atoms with Crippen molar-refractivity contribution in [1.29, 1.82) is 0 Å². The summed E-state index contributed by atoms with van der Waals surface area (Å²) < 4.78 is 15.1. The number of aryl methyl sites for hydroxylation is 1. The Balaban J connectivity index is 1.70. The predicted octanol–water partition coefficient (Wildman–Crippen LogP) is 2.82. The highest BCUT2D eigenvalue weighted by Gasteiger charge is 2.30.